The van der Waals surface area contributed by atoms with Crippen molar-refractivity contribution in [2.24, 2.45) is 5.92 Å². The van der Waals surface area contributed by atoms with E-state index in [1.165, 1.54) is 0 Å². The summed E-state index contributed by atoms with van der Waals surface area (Å²) in [6.45, 7) is 2.64. The standard InChI is InChI=1S/C5H9F3O3S/c1-4(2)3-11-12(9,10)5(6,7)8/h4H,3H2,1-2H3/i1+1. The first-order valence-corrected chi connectivity index (χ1v) is 4.53. The third kappa shape index (κ3) is 3.40. The minimum atomic E-state index is -5.39. The molecule has 12 heavy (non-hydrogen) atoms. The van der Waals surface area contributed by atoms with Crippen molar-refractivity contribution >= 4 is 10.1 Å². The van der Waals surface area contributed by atoms with Gasteiger partial charge in [0, 0.05) is 0 Å². The fourth-order valence-electron chi connectivity index (χ4n) is 0.292. The Kier molecular flexibility index (Phi) is 3.52. The van der Waals surface area contributed by atoms with Crippen LogP contribution in [0, 0.1) is 5.92 Å². The predicted octanol–water partition coefficient (Wildman–Crippen LogP) is 1.51. The molecular weight excluding hydrogens is 198 g/mol. The highest BCUT2D eigenvalue weighted by Crippen LogP contribution is 2.24. The Labute approximate surface area is 68.6 Å². The molecule has 0 fully saturated rings. The summed E-state index contributed by atoms with van der Waals surface area (Å²) in [5.74, 6) is -0.262. The molecule has 0 amide bonds. The summed E-state index contributed by atoms with van der Waals surface area (Å²) in [7, 11) is -5.39. The fourth-order valence-corrected chi connectivity index (χ4v) is 0.877. The van der Waals surface area contributed by atoms with E-state index in [9.17, 15) is 21.6 Å². The minimum Gasteiger partial charge on any atom is -0.263 e. The zero-order valence-corrected chi connectivity index (χ0v) is 7.37. The van der Waals surface area contributed by atoms with Crippen LogP contribution in [-0.2, 0) is 14.3 Å². The third-order valence-corrected chi connectivity index (χ3v) is 1.85. The lowest BCUT2D eigenvalue weighted by atomic mass is 10.4. The number of alkyl halides is 3. The second kappa shape index (κ2) is 3.61. The molecule has 7 heteroatoms. The number of halogens is 3. The number of hydrogen-bond acceptors (Lipinski definition) is 3. The van der Waals surface area contributed by atoms with Crippen LogP contribution in [-0.4, -0.2) is 20.5 Å². The summed E-state index contributed by atoms with van der Waals surface area (Å²) in [4.78, 5) is 0. The molecule has 0 saturated heterocycles. The van der Waals surface area contributed by atoms with Crippen LogP contribution in [0.2, 0.25) is 0 Å². The average molecular weight is 207 g/mol. The normalized spacial score (nSPS) is 16.1. The van der Waals surface area contributed by atoms with Crippen molar-refractivity contribution in [2.45, 2.75) is 19.4 Å². The molecule has 1 atom stereocenters. The minimum absolute atomic E-state index is 0.262. The molecule has 0 aliphatic rings. The topological polar surface area (TPSA) is 43.4 Å². The van der Waals surface area contributed by atoms with Crippen molar-refractivity contribution in [3.8, 4) is 0 Å². The lowest BCUT2D eigenvalue weighted by Gasteiger charge is -2.09. The first kappa shape index (κ1) is 11.7. The van der Waals surface area contributed by atoms with Gasteiger partial charge in [0.1, 0.15) is 0 Å². The quantitative estimate of drug-likeness (QED) is 0.400. The summed E-state index contributed by atoms with van der Waals surface area (Å²) in [5.41, 5.74) is -5.32. The Morgan fingerprint density at radius 3 is 2.00 bits per heavy atom. The highest BCUT2D eigenvalue weighted by molar-refractivity contribution is 7.87. The molecule has 0 aliphatic heterocycles. The lowest BCUT2D eigenvalue weighted by Crippen LogP contribution is -2.26. The summed E-state index contributed by atoms with van der Waals surface area (Å²) in [6.07, 6.45) is 0. The maximum absolute atomic E-state index is 11.6. The van der Waals surface area contributed by atoms with Crippen LogP contribution >= 0.6 is 0 Å². The Balaban J connectivity index is 4.27. The van der Waals surface area contributed by atoms with Crippen molar-refractivity contribution < 1.29 is 25.8 Å². The van der Waals surface area contributed by atoms with E-state index in [-0.39, 0.29) is 5.92 Å². The van der Waals surface area contributed by atoms with Gasteiger partial charge in [0.05, 0.1) is 6.61 Å². The molecule has 0 aromatic heterocycles. The Morgan fingerprint density at radius 1 is 1.33 bits per heavy atom. The van der Waals surface area contributed by atoms with Gasteiger partial charge in [-0.1, -0.05) is 13.8 Å². The van der Waals surface area contributed by atoms with E-state index in [4.69, 9.17) is 0 Å². The molecule has 0 saturated carbocycles. The van der Waals surface area contributed by atoms with Gasteiger partial charge in [-0.15, -0.1) is 0 Å². The van der Waals surface area contributed by atoms with Gasteiger partial charge in [-0.3, -0.25) is 4.18 Å². The van der Waals surface area contributed by atoms with Gasteiger partial charge in [0.25, 0.3) is 0 Å². The van der Waals surface area contributed by atoms with Gasteiger partial charge in [-0.05, 0) is 5.92 Å². The molecule has 0 heterocycles. The smallest absolute Gasteiger partial charge is 0.263 e. The summed E-state index contributed by atoms with van der Waals surface area (Å²) in [5, 5.41) is 0. The third-order valence-electron chi connectivity index (χ3n) is 0.840. The molecule has 0 aromatic carbocycles. The maximum Gasteiger partial charge on any atom is 0.523 e. The van der Waals surface area contributed by atoms with Crippen molar-refractivity contribution in [3.05, 3.63) is 0 Å². The van der Waals surface area contributed by atoms with E-state index >= 15 is 0 Å². The Morgan fingerprint density at radius 2 is 1.75 bits per heavy atom. The molecule has 1 unspecified atom stereocenters. The van der Waals surface area contributed by atoms with Crippen molar-refractivity contribution in [1.82, 2.24) is 0 Å². The van der Waals surface area contributed by atoms with Gasteiger partial charge in [-0.2, -0.15) is 21.6 Å². The highest BCUT2D eigenvalue weighted by atomic mass is 32.2. The zero-order chi connectivity index (χ0) is 9.99. The van der Waals surface area contributed by atoms with Gasteiger partial charge >= 0.3 is 15.6 Å². The predicted molar refractivity (Wildman–Crippen MR) is 35.8 cm³/mol. The highest BCUT2D eigenvalue weighted by Gasteiger charge is 2.47. The fraction of sp³-hybridized carbons (Fsp3) is 1.00. The van der Waals surface area contributed by atoms with Crippen molar-refractivity contribution in [1.29, 1.82) is 0 Å². The van der Waals surface area contributed by atoms with Gasteiger partial charge in [0.2, 0.25) is 0 Å². The van der Waals surface area contributed by atoms with E-state index in [2.05, 4.69) is 4.18 Å². The largest absolute Gasteiger partial charge is 0.523 e. The van der Waals surface area contributed by atoms with E-state index in [0.29, 0.717) is 0 Å². The monoisotopic (exact) mass is 207 g/mol. The maximum atomic E-state index is 11.6. The van der Waals surface area contributed by atoms with Gasteiger partial charge < -0.3 is 0 Å². The van der Waals surface area contributed by atoms with Crippen LogP contribution in [0.25, 0.3) is 0 Å². The van der Waals surface area contributed by atoms with Crippen LogP contribution in [0.4, 0.5) is 13.2 Å². The first-order valence-electron chi connectivity index (χ1n) is 3.12. The van der Waals surface area contributed by atoms with Gasteiger partial charge in [-0.25, -0.2) is 0 Å². The van der Waals surface area contributed by atoms with Crippen molar-refractivity contribution in [3.63, 3.8) is 0 Å². The molecule has 0 rings (SSSR count). The Hall–Kier alpha value is -0.300. The number of rotatable bonds is 3. The second-order valence-electron chi connectivity index (χ2n) is 2.58. The average Bonchev–Trinajstić information content (AvgIpc) is 1.81. The number of hydrogen-bond donors (Lipinski definition) is 0. The van der Waals surface area contributed by atoms with Crippen LogP contribution < -0.4 is 0 Å². The molecule has 0 radical (unpaired) electrons. The van der Waals surface area contributed by atoms with Crippen LogP contribution in [0.15, 0.2) is 0 Å². The van der Waals surface area contributed by atoms with Crippen LogP contribution in [0.1, 0.15) is 13.8 Å². The summed E-state index contributed by atoms with van der Waals surface area (Å²) in [6, 6.07) is 0. The molecule has 3 nitrogen and oxygen atoms in total. The second-order valence-corrected chi connectivity index (χ2v) is 4.19. The lowest BCUT2D eigenvalue weighted by molar-refractivity contribution is -0.0548. The zero-order valence-electron chi connectivity index (χ0n) is 6.55. The molecule has 0 N–H and O–H groups in total. The van der Waals surface area contributed by atoms with E-state index in [0.717, 1.165) is 0 Å². The molecular formula is C5H9F3O3S. The molecule has 74 valence electrons. The molecule has 0 aliphatic carbocycles. The van der Waals surface area contributed by atoms with Crippen LogP contribution in [0.5, 0.6) is 0 Å². The van der Waals surface area contributed by atoms with E-state index in [1.54, 1.807) is 13.8 Å². The molecule has 0 spiro atoms. The molecule has 0 aromatic rings. The van der Waals surface area contributed by atoms with E-state index < -0.39 is 22.2 Å². The SMILES string of the molecule is CC([13CH3])COS(=O)(=O)C(F)(F)F. The molecule has 0 bridgehead atoms. The van der Waals surface area contributed by atoms with Gasteiger partial charge in [0.15, 0.2) is 0 Å². The summed E-state index contributed by atoms with van der Waals surface area (Å²) < 4.78 is 58.8. The van der Waals surface area contributed by atoms with Crippen LogP contribution in [0.3, 0.4) is 0 Å². The first-order chi connectivity index (χ1) is 5.17. The van der Waals surface area contributed by atoms with E-state index in [1.807, 2.05) is 0 Å². The van der Waals surface area contributed by atoms with Crippen molar-refractivity contribution in [2.75, 3.05) is 6.61 Å². The summed E-state index contributed by atoms with van der Waals surface area (Å²) >= 11 is 0. The Bertz CT molecular complexity index is 229.